The van der Waals surface area contributed by atoms with Gasteiger partial charge in [0, 0.05) is 42.6 Å². The number of ether oxygens (including phenoxy) is 4. The predicted octanol–water partition coefficient (Wildman–Crippen LogP) is 9.90. The summed E-state index contributed by atoms with van der Waals surface area (Å²) in [7, 11) is 0. The minimum Gasteiger partial charge on any atom is -0.459 e. The van der Waals surface area contributed by atoms with Crippen LogP contribution in [0.15, 0.2) is 107 Å². The van der Waals surface area contributed by atoms with Crippen LogP contribution < -0.4 is 9.47 Å². The van der Waals surface area contributed by atoms with E-state index >= 15 is 0 Å². The molecule has 0 saturated heterocycles. The van der Waals surface area contributed by atoms with E-state index in [9.17, 15) is 15.0 Å². The Morgan fingerprint density at radius 2 is 1.74 bits per heavy atom. The number of unbranched alkanes of at least 4 members (excludes halogenated alkanes) is 2. The molecule has 6 unspecified atom stereocenters. The van der Waals surface area contributed by atoms with Gasteiger partial charge in [-0.2, -0.15) is 0 Å². The van der Waals surface area contributed by atoms with Gasteiger partial charge in [0.2, 0.25) is 5.79 Å². The van der Waals surface area contributed by atoms with Crippen LogP contribution in [0.3, 0.4) is 0 Å². The molecule has 3 aromatic rings. The molecule has 6 atom stereocenters. The molecule has 1 fully saturated rings. The standard InChI is InChI=1S/C47H60N2O8S/c1-5-25-49(46(52)53-32-33-15-9-8-10-16-33)43-31-41(48-55-7-3)39-29-34(17-11-13-26-50)38(18-12-14-27-51)44-40-30-36(56-35-19-22-37(58-4)23-20-35)21-24-42(40)57-47(43,45(39)44)54-28-6-2/h6,8-10,15-16,19-24,29-30,34,38,43-45,50-51H,2,5,7,11-14,17-18,25-28,31-32H2,1,3-4H3. The molecule has 312 valence electrons. The number of rotatable bonds is 21. The number of benzene rings is 3. The number of aliphatic hydroxyl groups is 2. The first-order chi connectivity index (χ1) is 28.4. The van der Waals surface area contributed by atoms with Crippen molar-refractivity contribution >= 4 is 23.6 Å². The smallest absolute Gasteiger partial charge is 0.410 e. The zero-order valence-electron chi connectivity index (χ0n) is 34.2. The number of nitrogens with zero attached hydrogens (tertiary/aromatic N) is 2. The summed E-state index contributed by atoms with van der Waals surface area (Å²) in [5.41, 5.74) is 3.64. The Kier molecular flexibility index (Phi) is 15.8. The van der Waals surface area contributed by atoms with Gasteiger partial charge in [-0.25, -0.2) is 4.79 Å². The number of aliphatic hydroxyl groups excluding tert-OH is 2. The van der Waals surface area contributed by atoms with E-state index in [4.69, 9.17) is 28.9 Å². The maximum absolute atomic E-state index is 14.4. The average molecular weight is 813 g/mol. The molecule has 10 nitrogen and oxygen atoms in total. The van der Waals surface area contributed by atoms with E-state index in [1.165, 1.54) is 0 Å². The second-order valence-electron chi connectivity index (χ2n) is 15.2. The van der Waals surface area contributed by atoms with Crippen LogP contribution in [0.4, 0.5) is 4.79 Å². The predicted molar refractivity (Wildman–Crippen MR) is 229 cm³/mol. The molecule has 3 aromatic carbocycles. The zero-order valence-corrected chi connectivity index (χ0v) is 35.0. The van der Waals surface area contributed by atoms with Crippen molar-refractivity contribution in [3.05, 3.63) is 108 Å². The van der Waals surface area contributed by atoms with Gasteiger partial charge in [0.05, 0.1) is 18.2 Å². The first-order valence-corrected chi connectivity index (χ1v) is 22.1. The topological polar surface area (TPSA) is 119 Å². The highest BCUT2D eigenvalue weighted by Crippen LogP contribution is 2.62. The van der Waals surface area contributed by atoms with Crippen molar-refractivity contribution < 1.29 is 38.8 Å². The van der Waals surface area contributed by atoms with E-state index in [-0.39, 0.29) is 44.2 Å². The number of carbonyl (C=O) groups excluding carboxylic acids is 1. The second kappa shape index (κ2) is 21.1. The number of hydrogen-bond donors (Lipinski definition) is 2. The number of carbonyl (C=O) groups is 1. The van der Waals surface area contributed by atoms with Crippen LogP contribution in [0.2, 0.25) is 0 Å². The van der Waals surface area contributed by atoms with Crippen LogP contribution in [0, 0.1) is 17.8 Å². The lowest BCUT2D eigenvalue weighted by Gasteiger charge is -2.59. The molecule has 3 aliphatic rings. The molecule has 0 bridgehead atoms. The highest BCUT2D eigenvalue weighted by atomic mass is 32.2. The van der Waals surface area contributed by atoms with Gasteiger partial charge in [0.25, 0.3) is 0 Å². The third kappa shape index (κ3) is 9.76. The molecule has 58 heavy (non-hydrogen) atoms. The minimum absolute atomic E-state index is 0.0983. The van der Waals surface area contributed by atoms with E-state index < -0.39 is 23.8 Å². The van der Waals surface area contributed by atoms with Gasteiger partial charge >= 0.3 is 6.09 Å². The molecule has 11 heteroatoms. The highest BCUT2D eigenvalue weighted by Gasteiger charge is 2.65. The van der Waals surface area contributed by atoms with Gasteiger partial charge in [0.1, 0.15) is 36.5 Å². The molecule has 2 N–H and O–H groups in total. The third-order valence-corrected chi connectivity index (χ3v) is 12.3. The van der Waals surface area contributed by atoms with Crippen molar-refractivity contribution in [2.45, 2.75) is 94.5 Å². The van der Waals surface area contributed by atoms with Crippen LogP contribution in [0.1, 0.15) is 82.3 Å². The first-order valence-electron chi connectivity index (χ1n) is 20.9. The number of oxime groups is 1. The fourth-order valence-corrected chi connectivity index (χ4v) is 9.46. The van der Waals surface area contributed by atoms with Crippen molar-refractivity contribution in [1.82, 2.24) is 4.90 Å². The lowest BCUT2D eigenvalue weighted by atomic mass is 9.55. The summed E-state index contributed by atoms with van der Waals surface area (Å²) < 4.78 is 26.9. The van der Waals surface area contributed by atoms with E-state index in [0.29, 0.717) is 50.3 Å². The minimum atomic E-state index is -1.36. The Labute approximate surface area is 348 Å². The van der Waals surface area contributed by atoms with Gasteiger partial charge in [-0.3, -0.25) is 4.90 Å². The summed E-state index contributed by atoms with van der Waals surface area (Å²) in [6.45, 7) is 9.32. The molecular weight excluding hydrogens is 753 g/mol. The summed E-state index contributed by atoms with van der Waals surface area (Å²) in [6, 6.07) is 23.1. The van der Waals surface area contributed by atoms with Gasteiger partial charge in [0.15, 0.2) is 0 Å². The molecule has 1 aliphatic heterocycles. The molecule has 0 aromatic heterocycles. The van der Waals surface area contributed by atoms with E-state index in [1.54, 1.807) is 22.7 Å². The fraction of sp³-hybridized carbons (Fsp3) is 0.489. The van der Waals surface area contributed by atoms with Crippen molar-refractivity contribution in [3.8, 4) is 17.2 Å². The summed E-state index contributed by atoms with van der Waals surface area (Å²) in [5.74, 6) is 0.384. The fourth-order valence-electron chi connectivity index (χ4n) is 9.05. The number of thioether (sulfide) groups is 1. The van der Waals surface area contributed by atoms with Gasteiger partial charge < -0.3 is 34.0 Å². The molecule has 1 heterocycles. The van der Waals surface area contributed by atoms with E-state index in [2.05, 4.69) is 25.0 Å². The largest absolute Gasteiger partial charge is 0.459 e. The number of hydrogen-bond acceptors (Lipinski definition) is 10. The van der Waals surface area contributed by atoms with Crippen LogP contribution in [0.25, 0.3) is 0 Å². The number of fused-ring (bicyclic) bond motifs is 2. The maximum atomic E-state index is 14.4. The molecule has 1 saturated carbocycles. The summed E-state index contributed by atoms with van der Waals surface area (Å²) in [6.07, 6.45) is 11.4. The third-order valence-electron chi connectivity index (χ3n) is 11.5. The van der Waals surface area contributed by atoms with Crippen molar-refractivity contribution in [2.24, 2.45) is 22.9 Å². The van der Waals surface area contributed by atoms with Gasteiger partial charge in [-0.05, 0) is 111 Å². The summed E-state index contributed by atoms with van der Waals surface area (Å²) >= 11 is 1.68. The molecular formula is C47H60N2O8S. The Balaban J connectivity index is 1.54. The van der Waals surface area contributed by atoms with Crippen molar-refractivity contribution in [3.63, 3.8) is 0 Å². The quantitative estimate of drug-likeness (QED) is 0.0469. The lowest BCUT2D eigenvalue weighted by molar-refractivity contribution is -0.255. The molecule has 0 spiro atoms. The Hall–Kier alpha value is -4.29. The molecule has 6 rings (SSSR count). The second-order valence-corrected chi connectivity index (χ2v) is 16.1. The van der Waals surface area contributed by atoms with E-state index in [1.807, 2.05) is 80.6 Å². The number of amides is 1. The van der Waals surface area contributed by atoms with Gasteiger partial charge in [-0.1, -0.05) is 67.4 Å². The highest BCUT2D eigenvalue weighted by molar-refractivity contribution is 7.98. The number of allylic oxidation sites excluding steroid dienone is 1. The average Bonchev–Trinajstić information content (AvgIpc) is 3.25. The normalized spacial score (nSPS) is 23.8. The Bertz CT molecular complexity index is 1850. The SMILES string of the molecule is C=CCOC12Oc3ccc(Oc4ccc(SC)cc4)cc3C3C(CCCCO)C(CCCCO)C=C(C(=NOCC)CC1N(CCC)C(=O)OCc1ccccc1)C32. The van der Waals surface area contributed by atoms with Crippen molar-refractivity contribution in [2.75, 3.05) is 39.2 Å². The Morgan fingerprint density at radius 3 is 2.43 bits per heavy atom. The van der Waals surface area contributed by atoms with Crippen LogP contribution in [-0.2, 0) is 20.9 Å². The zero-order chi connectivity index (χ0) is 40.9. The molecule has 0 radical (unpaired) electrons. The maximum Gasteiger partial charge on any atom is 0.410 e. The lowest BCUT2D eigenvalue weighted by Crippen LogP contribution is -2.70. The first kappa shape index (κ1) is 43.3. The van der Waals surface area contributed by atoms with Crippen LogP contribution in [0.5, 0.6) is 17.2 Å². The van der Waals surface area contributed by atoms with Crippen LogP contribution in [-0.4, -0.2) is 78.0 Å². The van der Waals surface area contributed by atoms with E-state index in [0.717, 1.165) is 58.7 Å². The van der Waals surface area contributed by atoms with Crippen molar-refractivity contribution in [1.29, 1.82) is 0 Å². The summed E-state index contributed by atoms with van der Waals surface area (Å²) in [4.78, 5) is 23.2. The molecule has 1 amide bonds. The monoisotopic (exact) mass is 812 g/mol. The summed E-state index contributed by atoms with van der Waals surface area (Å²) in [5, 5.41) is 24.6. The van der Waals surface area contributed by atoms with Gasteiger partial charge in [-0.15, -0.1) is 18.3 Å². The Morgan fingerprint density at radius 1 is 1.00 bits per heavy atom. The van der Waals surface area contributed by atoms with Crippen LogP contribution >= 0.6 is 11.8 Å². The molecule has 2 aliphatic carbocycles.